The van der Waals surface area contributed by atoms with Gasteiger partial charge in [0.15, 0.2) is 0 Å². The van der Waals surface area contributed by atoms with Crippen molar-refractivity contribution in [2.24, 2.45) is 0 Å². The van der Waals surface area contributed by atoms with Gasteiger partial charge in [-0.3, -0.25) is 4.79 Å². The molecule has 122 valence electrons. The fraction of sp³-hybridized carbons (Fsp3) is 0.438. The number of carbonyl (C=O) groups excluding carboxylic acids is 1. The number of anilines is 1. The van der Waals surface area contributed by atoms with E-state index < -0.39 is 6.10 Å². The van der Waals surface area contributed by atoms with Crippen molar-refractivity contribution < 1.29 is 14.6 Å². The van der Waals surface area contributed by atoms with Crippen LogP contribution in [0.3, 0.4) is 0 Å². The number of nitrogens with one attached hydrogen (secondary N) is 2. The lowest BCUT2D eigenvalue weighted by Crippen LogP contribution is -2.35. The number of rotatable bonds is 9. The summed E-state index contributed by atoms with van der Waals surface area (Å²) in [5.74, 6) is 0.602. The number of aliphatic hydroxyl groups excluding tert-OH is 1. The second kappa shape index (κ2) is 10.6. The standard InChI is InChI=1S/C16H23IN2O3/c1-12(2)18-10-14(20)11-22-15-7-5-13(6-8-15)19-16(21)4-3-9-17/h3,5-9,12,14,18,20H,4,10-11H2,1-2H3,(H,19,21)/b9-3+/i17-4. The summed E-state index contributed by atoms with van der Waals surface area (Å²) in [4.78, 5) is 11.6. The molecule has 1 rings (SSSR count). The van der Waals surface area contributed by atoms with Crippen LogP contribution in [0.1, 0.15) is 20.3 Å². The second-order valence-electron chi connectivity index (χ2n) is 5.17. The van der Waals surface area contributed by atoms with E-state index in [0.29, 0.717) is 24.8 Å². The van der Waals surface area contributed by atoms with Gasteiger partial charge in [0.25, 0.3) is 0 Å². The third-order valence-electron chi connectivity index (χ3n) is 2.73. The van der Waals surface area contributed by atoms with Gasteiger partial charge in [0.05, 0.1) is 0 Å². The normalized spacial score (nSPS) is 12.6. The molecule has 0 saturated carbocycles. The molecule has 0 saturated heterocycles. The molecule has 1 aromatic rings. The van der Waals surface area contributed by atoms with Crippen LogP contribution in [0, 0.1) is 0 Å². The molecule has 0 heterocycles. The zero-order chi connectivity index (χ0) is 16.4. The van der Waals surface area contributed by atoms with Crippen molar-refractivity contribution in [2.75, 3.05) is 18.5 Å². The lowest BCUT2D eigenvalue weighted by molar-refractivity contribution is -0.115. The van der Waals surface area contributed by atoms with E-state index in [9.17, 15) is 9.90 Å². The smallest absolute Gasteiger partial charge is 0.228 e. The lowest BCUT2D eigenvalue weighted by atomic mass is 10.3. The Morgan fingerprint density at radius 2 is 2.05 bits per heavy atom. The number of hydrogen-bond donors (Lipinski definition) is 3. The van der Waals surface area contributed by atoms with Crippen LogP contribution in [0.25, 0.3) is 0 Å². The molecule has 0 radical (unpaired) electrons. The summed E-state index contributed by atoms with van der Waals surface area (Å²) < 4.78 is 7.32. The van der Waals surface area contributed by atoms with E-state index in [-0.39, 0.29) is 12.5 Å². The Balaban J connectivity index is 2.36. The van der Waals surface area contributed by atoms with E-state index in [4.69, 9.17) is 4.74 Å². The zero-order valence-corrected chi connectivity index (χ0v) is 15.0. The molecule has 1 amide bonds. The van der Waals surface area contributed by atoms with Crippen LogP contribution in [-0.4, -0.2) is 36.3 Å². The number of amides is 1. The minimum absolute atomic E-state index is 0.0585. The first-order valence-electron chi connectivity index (χ1n) is 7.20. The average Bonchev–Trinajstić information content (AvgIpc) is 2.50. The molecule has 0 spiro atoms. The Bertz CT molecular complexity index is 475. The highest BCUT2D eigenvalue weighted by Gasteiger charge is 2.06. The largest absolute Gasteiger partial charge is 0.491 e. The number of hydrogen-bond acceptors (Lipinski definition) is 4. The Hall–Kier alpha value is -1.12. The summed E-state index contributed by atoms with van der Waals surface area (Å²) in [5, 5.41) is 15.7. The first-order valence-corrected chi connectivity index (χ1v) is 8.45. The van der Waals surface area contributed by atoms with Crippen molar-refractivity contribution in [3.05, 3.63) is 34.4 Å². The molecule has 5 nitrogen and oxygen atoms in total. The van der Waals surface area contributed by atoms with E-state index in [1.165, 1.54) is 0 Å². The van der Waals surface area contributed by atoms with Crippen molar-refractivity contribution in [3.63, 3.8) is 0 Å². The van der Waals surface area contributed by atoms with Crippen molar-refractivity contribution in [1.29, 1.82) is 0 Å². The second-order valence-corrected chi connectivity index (χ2v) is 5.89. The molecule has 1 atom stereocenters. The quantitative estimate of drug-likeness (QED) is 0.544. The van der Waals surface area contributed by atoms with Crippen LogP contribution in [0.4, 0.5) is 5.69 Å². The van der Waals surface area contributed by atoms with E-state index in [1.54, 1.807) is 30.3 Å². The monoisotopic (exact) mass is 414 g/mol. The maximum Gasteiger partial charge on any atom is 0.228 e. The molecule has 0 fully saturated rings. The maximum atomic E-state index is 11.6. The summed E-state index contributed by atoms with van der Waals surface area (Å²) in [7, 11) is 0. The predicted octanol–water partition coefficient (Wildman–Crippen LogP) is 2.70. The Kier molecular flexibility index (Phi) is 9.10. The summed E-state index contributed by atoms with van der Waals surface area (Å²) in [6.45, 7) is 4.77. The van der Waals surface area contributed by atoms with Crippen molar-refractivity contribution >= 4 is 34.2 Å². The minimum Gasteiger partial charge on any atom is -0.491 e. The Morgan fingerprint density at radius 3 is 2.64 bits per heavy atom. The molecule has 1 unspecified atom stereocenters. The van der Waals surface area contributed by atoms with Gasteiger partial charge in [0.2, 0.25) is 5.91 Å². The van der Waals surface area contributed by atoms with Gasteiger partial charge in [-0.15, -0.1) is 0 Å². The van der Waals surface area contributed by atoms with E-state index in [1.807, 2.05) is 17.9 Å². The summed E-state index contributed by atoms with van der Waals surface area (Å²) in [6, 6.07) is 7.43. The van der Waals surface area contributed by atoms with Crippen molar-refractivity contribution in [2.45, 2.75) is 32.4 Å². The molecule has 6 heteroatoms. The molecule has 22 heavy (non-hydrogen) atoms. The van der Waals surface area contributed by atoms with Crippen LogP contribution in [0.2, 0.25) is 0 Å². The van der Waals surface area contributed by atoms with Gasteiger partial charge in [-0.1, -0.05) is 42.5 Å². The number of aliphatic hydroxyl groups is 1. The number of ether oxygens (including phenoxy) is 1. The van der Waals surface area contributed by atoms with Gasteiger partial charge < -0.3 is 20.5 Å². The topological polar surface area (TPSA) is 70.6 Å². The highest BCUT2D eigenvalue weighted by Crippen LogP contribution is 2.16. The zero-order valence-electron chi connectivity index (χ0n) is 12.9. The van der Waals surface area contributed by atoms with Crippen LogP contribution >= 0.6 is 22.6 Å². The third-order valence-corrected chi connectivity index (χ3v) is 3.24. The molecule has 0 bridgehead atoms. The summed E-state index contributed by atoms with van der Waals surface area (Å²) >= 11 is 2.08. The van der Waals surface area contributed by atoms with Crippen LogP contribution < -0.4 is 15.4 Å². The molecular weight excluding hydrogens is 391 g/mol. The summed E-state index contributed by atoms with van der Waals surface area (Å²) in [6.07, 6.45) is 1.60. The van der Waals surface area contributed by atoms with E-state index in [0.717, 1.165) is 5.69 Å². The van der Waals surface area contributed by atoms with Crippen LogP contribution in [-0.2, 0) is 4.79 Å². The van der Waals surface area contributed by atoms with Gasteiger partial charge in [0.1, 0.15) is 18.5 Å². The number of carbonyl (C=O) groups is 1. The molecule has 0 aliphatic carbocycles. The Labute approximate surface area is 145 Å². The van der Waals surface area contributed by atoms with Gasteiger partial charge in [0, 0.05) is 24.7 Å². The minimum atomic E-state index is -0.554. The first kappa shape index (κ1) is 18.9. The van der Waals surface area contributed by atoms with E-state index >= 15 is 0 Å². The Morgan fingerprint density at radius 1 is 1.36 bits per heavy atom. The van der Waals surface area contributed by atoms with Gasteiger partial charge in [-0.05, 0) is 28.3 Å². The SMILES string of the molecule is CC(C)NCC(O)COc1ccc(NC(=O)C/C=C/[123I])cc1. The molecule has 1 aromatic carbocycles. The molecule has 0 aromatic heterocycles. The van der Waals surface area contributed by atoms with Gasteiger partial charge in [-0.25, -0.2) is 0 Å². The predicted molar refractivity (Wildman–Crippen MR) is 97.5 cm³/mol. The molecule has 3 N–H and O–H groups in total. The first-order chi connectivity index (χ1) is 10.5. The van der Waals surface area contributed by atoms with E-state index in [2.05, 4.69) is 33.2 Å². The highest BCUT2D eigenvalue weighted by molar-refractivity contribution is 14.1. The average molecular weight is 414 g/mol. The number of benzene rings is 1. The highest BCUT2D eigenvalue weighted by atomic mass is 123. The van der Waals surface area contributed by atoms with Crippen LogP contribution in [0.15, 0.2) is 34.4 Å². The van der Waals surface area contributed by atoms with Gasteiger partial charge in [-0.2, -0.15) is 0 Å². The van der Waals surface area contributed by atoms with Gasteiger partial charge >= 0.3 is 0 Å². The third kappa shape index (κ3) is 8.35. The fourth-order valence-corrected chi connectivity index (χ4v) is 1.88. The number of halogens is 1. The fourth-order valence-electron chi connectivity index (χ4n) is 1.62. The van der Waals surface area contributed by atoms with Crippen molar-refractivity contribution in [1.82, 2.24) is 5.32 Å². The van der Waals surface area contributed by atoms with Crippen LogP contribution in [0.5, 0.6) is 5.75 Å². The molecular formula is C16H23IN2O3. The van der Waals surface area contributed by atoms with Crippen molar-refractivity contribution in [3.8, 4) is 5.75 Å². The summed E-state index contributed by atoms with van der Waals surface area (Å²) in [5.41, 5.74) is 0.723. The lowest BCUT2D eigenvalue weighted by Gasteiger charge is -2.15. The molecule has 0 aliphatic heterocycles. The molecule has 0 aliphatic rings. The maximum absolute atomic E-state index is 11.6.